The van der Waals surface area contributed by atoms with Crippen LogP contribution in [0, 0.1) is 0 Å². The van der Waals surface area contributed by atoms with Gasteiger partial charge in [0.05, 0.1) is 0 Å². The smallest absolute Gasteiger partial charge is 0.0108 e. The van der Waals surface area contributed by atoms with Gasteiger partial charge in [-0.2, -0.15) is 0 Å². The first kappa shape index (κ1) is 12.2. The Hall–Kier alpha value is -0.820. The van der Waals surface area contributed by atoms with Gasteiger partial charge in [0.25, 0.3) is 0 Å². The molecule has 18 heavy (non-hydrogen) atoms. The third kappa shape index (κ3) is 1.99. The van der Waals surface area contributed by atoms with Crippen LogP contribution < -0.4 is 5.73 Å². The fourth-order valence-electron chi connectivity index (χ4n) is 3.82. The van der Waals surface area contributed by atoms with Crippen molar-refractivity contribution in [3.05, 3.63) is 35.4 Å². The van der Waals surface area contributed by atoms with Crippen LogP contribution in [0.4, 0.5) is 0 Å². The molecule has 0 bridgehead atoms. The molecule has 0 aromatic heterocycles. The lowest BCUT2D eigenvalue weighted by molar-refractivity contribution is 0.435. The lowest BCUT2D eigenvalue weighted by Gasteiger charge is -2.29. The van der Waals surface area contributed by atoms with E-state index in [-0.39, 0.29) is 0 Å². The monoisotopic (exact) mass is 243 g/mol. The molecule has 2 aliphatic carbocycles. The molecule has 2 aliphatic rings. The van der Waals surface area contributed by atoms with Crippen LogP contribution in [0.25, 0.3) is 0 Å². The first-order valence-electron chi connectivity index (χ1n) is 7.59. The first-order chi connectivity index (χ1) is 8.74. The van der Waals surface area contributed by atoms with Gasteiger partial charge in [-0.05, 0) is 49.7 Å². The maximum atomic E-state index is 6.26. The second kappa shape index (κ2) is 4.70. The molecule has 1 aromatic rings. The minimum absolute atomic E-state index is 0.294. The van der Waals surface area contributed by atoms with Gasteiger partial charge >= 0.3 is 0 Å². The molecule has 3 rings (SSSR count). The zero-order valence-electron chi connectivity index (χ0n) is 11.5. The number of hydrogen-bond donors (Lipinski definition) is 1. The van der Waals surface area contributed by atoms with Crippen molar-refractivity contribution in [1.29, 1.82) is 0 Å². The summed E-state index contributed by atoms with van der Waals surface area (Å²) < 4.78 is 0. The summed E-state index contributed by atoms with van der Waals surface area (Å²) in [5.41, 5.74) is 9.77. The molecule has 0 amide bonds. The number of nitrogens with two attached hydrogens (primary N) is 1. The fourth-order valence-corrected chi connectivity index (χ4v) is 3.82. The Balaban J connectivity index is 1.95. The van der Waals surface area contributed by atoms with Crippen LogP contribution in [0.1, 0.15) is 68.9 Å². The van der Waals surface area contributed by atoms with Gasteiger partial charge in [0.15, 0.2) is 0 Å². The van der Waals surface area contributed by atoms with E-state index < -0.39 is 0 Å². The van der Waals surface area contributed by atoms with Crippen LogP contribution in [0.15, 0.2) is 24.3 Å². The van der Waals surface area contributed by atoms with E-state index in [1.54, 1.807) is 11.1 Å². The lowest BCUT2D eigenvalue weighted by atomic mass is 9.77. The molecular formula is C17H25N. The number of benzene rings is 1. The highest BCUT2D eigenvalue weighted by Gasteiger charge is 2.48. The largest absolute Gasteiger partial charge is 0.327 e. The summed E-state index contributed by atoms with van der Waals surface area (Å²) in [6, 6.07) is 9.42. The van der Waals surface area contributed by atoms with Gasteiger partial charge in [-0.3, -0.25) is 0 Å². The second-order valence-electron chi connectivity index (χ2n) is 6.37. The minimum Gasteiger partial charge on any atom is -0.327 e. The van der Waals surface area contributed by atoms with Crippen molar-refractivity contribution < 1.29 is 0 Å². The van der Waals surface area contributed by atoms with E-state index >= 15 is 0 Å². The van der Waals surface area contributed by atoms with Crippen LogP contribution in [0.2, 0.25) is 0 Å². The molecule has 2 saturated carbocycles. The van der Waals surface area contributed by atoms with E-state index in [2.05, 4.69) is 31.2 Å². The molecule has 0 aliphatic heterocycles. The molecule has 98 valence electrons. The summed E-state index contributed by atoms with van der Waals surface area (Å²) in [7, 11) is 0. The molecule has 0 spiro atoms. The summed E-state index contributed by atoms with van der Waals surface area (Å²) in [5.74, 6) is 0.797. The van der Waals surface area contributed by atoms with Gasteiger partial charge in [0.2, 0.25) is 0 Å². The van der Waals surface area contributed by atoms with Gasteiger partial charge in [-0.25, -0.2) is 0 Å². The lowest BCUT2D eigenvalue weighted by Crippen LogP contribution is -2.32. The van der Waals surface area contributed by atoms with Crippen molar-refractivity contribution >= 4 is 0 Å². The molecule has 2 fully saturated rings. The Bertz CT molecular complexity index is 411. The van der Waals surface area contributed by atoms with E-state index in [4.69, 9.17) is 5.73 Å². The topological polar surface area (TPSA) is 26.0 Å². The highest BCUT2D eigenvalue weighted by molar-refractivity contribution is 5.42. The summed E-state index contributed by atoms with van der Waals surface area (Å²) in [4.78, 5) is 0. The van der Waals surface area contributed by atoms with Crippen LogP contribution in [-0.4, -0.2) is 6.04 Å². The van der Waals surface area contributed by atoms with Crippen molar-refractivity contribution in [2.24, 2.45) is 5.73 Å². The summed E-state index contributed by atoms with van der Waals surface area (Å²) in [5, 5.41) is 0. The number of rotatable bonds is 3. The summed E-state index contributed by atoms with van der Waals surface area (Å²) >= 11 is 0. The highest BCUT2D eigenvalue weighted by Crippen LogP contribution is 2.53. The van der Waals surface area contributed by atoms with Gasteiger partial charge in [0, 0.05) is 11.5 Å². The zero-order valence-corrected chi connectivity index (χ0v) is 11.5. The van der Waals surface area contributed by atoms with E-state index in [0.717, 1.165) is 5.92 Å². The van der Waals surface area contributed by atoms with Crippen LogP contribution >= 0.6 is 0 Å². The quantitative estimate of drug-likeness (QED) is 0.849. The van der Waals surface area contributed by atoms with Crippen LogP contribution in [0.3, 0.4) is 0 Å². The Morgan fingerprint density at radius 3 is 2.39 bits per heavy atom. The third-order valence-corrected chi connectivity index (χ3v) is 5.20. The van der Waals surface area contributed by atoms with Gasteiger partial charge in [-0.1, -0.05) is 43.5 Å². The maximum Gasteiger partial charge on any atom is 0.0108 e. The van der Waals surface area contributed by atoms with Gasteiger partial charge in [-0.15, -0.1) is 0 Å². The van der Waals surface area contributed by atoms with Crippen molar-refractivity contribution in [2.75, 3.05) is 0 Å². The first-order valence-corrected chi connectivity index (χ1v) is 7.59. The molecule has 0 heterocycles. The van der Waals surface area contributed by atoms with E-state index in [1.807, 2.05) is 0 Å². The summed E-state index contributed by atoms with van der Waals surface area (Å²) in [6.07, 6.45) is 9.58. The third-order valence-electron chi connectivity index (χ3n) is 5.20. The molecular weight excluding hydrogens is 218 g/mol. The molecule has 1 nitrogen and oxygen atoms in total. The standard InChI is InChI=1S/C17H25N/c1-13(18)17(11-12-17)16-10-6-5-9-15(16)14-7-3-2-4-8-14/h5-6,9-10,13-14H,2-4,7-8,11-12,18H2,1H3. The second-order valence-corrected chi connectivity index (χ2v) is 6.37. The normalized spacial score (nSPS) is 24.8. The minimum atomic E-state index is 0.294. The molecule has 0 saturated heterocycles. The average molecular weight is 243 g/mol. The Kier molecular flexibility index (Phi) is 3.19. The molecule has 1 heteroatoms. The Labute approximate surface area is 111 Å². The maximum absolute atomic E-state index is 6.26. The SMILES string of the molecule is CC(N)C1(c2ccccc2C2CCCCC2)CC1. The van der Waals surface area contributed by atoms with Gasteiger partial charge in [0.1, 0.15) is 0 Å². The Morgan fingerprint density at radius 2 is 1.78 bits per heavy atom. The molecule has 0 radical (unpaired) electrons. The zero-order chi connectivity index (χ0) is 12.6. The van der Waals surface area contributed by atoms with Crippen molar-refractivity contribution in [3.63, 3.8) is 0 Å². The molecule has 1 aromatic carbocycles. The van der Waals surface area contributed by atoms with Crippen LogP contribution in [0.5, 0.6) is 0 Å². The molecule has 2 N–H and O–H groups in total. The number of hydrogen-bond acceptors (Lipinski definition) is 1. The van der Waals surface area contributed by atoms with E-state index in [9.17, 15) is 0 Å². The fraction of sp³-hybridized carbons (Fsp3) is 0.647. The molecule has 1 atom stereocenters. The van der Waals surface area contributed by atoms with Crippen molar-refractivity contribution in [2.45, 2.75) is 69.2 Å². The van der Waals surface area contributed by atoms with E-state index in [0.29, 0.717) is 11.5 Å². The molecule has 1 unspecified atom stereocenters. The average Bonchev–Trinajstić information content (AvgIpc) is 3.21. The van der Waals surface area contributed by atoms with Crippen molar-refractivity contribution in [3.8, 4) is 0 Å². The summed E-state index contributed by atoms with van der Waals surface area (Å²) in [6.45, 7) is 2.19. The Morgan fingerprint density at radius 1 is 1.11 bits per heavy atom. The van der Waals surface area contributed by atoms with Crippen molar-refractivity contribution in [1.82, 2.24) is 0 Å². The van der Waals surface area contributed by atoms with Gasteiger partial charge < -0.3 is 5.73 Å². The van der Waals surface area contributed by atoms with Crippen LogP contribution in [-0.2, 0) is 5.41 Å². The predicted molar refractivity (Wildman–Crippen MR) is 76.8 cm³/mol. The highest BCUT2D eigenvalue weighted by atomic mass is 14.7. The predicted octanol–water partition coefficient (Wildman–Crippen LogP) is 4.11. The van der Waals surface area contributed by atoms with E-state index in [1.165, 1.54) is 44.9 Å².